The number of nitrogens with zero attached hydrogens (tertiary/aromatic N) is 2. The first-order valence-electron chi connectivity index (χ1n) is 8.20. The molecule has 6 nitrogen and oxygen atoms in total. The molecule has 0 bridgehead atoms. The van der Waals surface area contributed by atoms with Crippen LogP contribution >= 0.6 is 0 Å². The highest BCUT2D eigenvalue weighted by Gasteiger charge is 2.26. The standard InChI is InChI=1S/C18H19N3O3/c1-3-7-22-12-5-6-13-18(24-10-23-13)14(12)16-17-15(20-9-21-16)11(4-2)8-19-17/h5-6,8-9,19H,3-4,7,10H2,1-2H3. The molecule has 0 radical (unpaired) electrons. The van der Waals surface area contributed by atoms with Gasteiger partial charge in [0, 0.05) is 6.20 Å². The lowest BCUT2D eigenvalue weighted by Crippen LogP contribution is -2.00. The van der Waals surface area contributed by atoms with Crippen molar-refractivity contribution in [2.75, 3.05) is 13.4 Å². The highest BCUT2D eigenvalue weighted by atomic mass is 16.7. The molecule has 0 atom stereocenters. The van der Waals surface area contributed by atoms with E-state index in [0.717, 1.165) is 46.4 Å². The maximum Gasteiger partial charge on any atom is 0.231 e. The Morgan fingerprint density at radius 1 is 1.21 bits per heavy atom. The number of ether oxygens (including phenoxy) is 3. The van der Waals surface area contributed by atoms with Crippen molar-refractivity contribution in [3.63, 3.8) is 0 Å². The number of aromatic nitrogens is 3. The summed E-state index contributed by atoms with van der Waals surface area (Å²) in [7, 11) is 0. The van der Waals surface area contributed by atoms with Crippen LogP contribution in [-0.4, -0.2) is 28.4 Å². The van der Waals surface area contributed by atoms with Gasteiger partial charge in [0.15, 0.2) is 11.5 Å². The molecular formula is C18H19N3O3. The van der Waals surface area contributed by atoms with Crippen molar-refractivity contribution in [1.29, 1.82) is 0 Å². The Hall–Kier alpha value is -2.76. The number of aryl methyl sites for hydroxylation is 1. The van der Waals surface area contributed by atoms with Gasteiger partial charge in [0.2, 0.25) is 6.79 Å². The van der Waals surface area contributed by atoms with Gasteiger partial charge < -0.3 is 19.2 Å². The van der Waals surface area contributed by atoms with E-state index in [1.165, 1.54) is 0 Å². The summed E-state index contributed by atoms with van der Waals surface area (Å²) in [5.74, 6) is 2.13. The van der Waals surface area contributed by atoms with Gasteiger partial charge in [0.05, 0.1) is 23.2 Å². The van der Waals surface area contributed by atoms with Crippen molar-refractivity contribution in [2.45, 2.75) is 26.7 Å². The fraction of sp³-hybridized carbons (Fsp3) is 0.333. The Balaban J connectivity index is 1.95. The first kappa shape index (κ1) is 14.8. The molecule has 1 aromatic carbocycles. The number of hydrogen-bond donors (Lipinski definition) is 1. The molecular weight excluding hydrogens is 306 g/mol. The van der Waals surface area contributed by atoms with E-state index in [1.807, 2.05) is 18.3 Å². The second-order valence-electron chi connectivity index (χ2n) is 5.63. The SMILES string of the molecule is CCCOc1ccc2c(c1-c1ncnc3c(CC)c[nH]c13)OCO2. The van der Waals surface area contributed by atoms with Gasteiger partial charge in [-0.3, -0.25) is 0 Å². The molecule has 6 heteroatoms. The highest BCUT2D eigenvalue weighted by Crippen LogP contribution is 2.47. The molecule has 3 heterocycles. The monoisotopic (exact) mass is 325 g/mol. The van der Waals surface area contributed by atoms with Crippen LogP contribution in [0.2, 0.25) is 0 Å². The molecule has 0 aliphatic carbocycles. The minimum absolute atomic E-state index is 0.207. The van der Waals surface area contributed by atoms with Crippen molar-refractivity contribution in [1.82, 2.24) is 15.0 Å². The molecule has 0 unspecified atom stereocenters. The van der Waals surface area contributed by atoms with Gasteiger partial charge in [-0.2, -0.15) is 0 Å². The fourth-order valence-corrected chi connectivity index (χ4v) is 2.96. The molecule has 0 spiro atoms. The third-order valence-electron chi connectivity index (χ3n) is 4.12. The summed E-state index contributed by atoms with van der Waals surface area (Å²) < 4.78 is 17.2. The van der Waals surface area contributed by atoms with Crippen molar-refractivity contribution in [3.8, 4) is 28.5 Å². The van der Waals surface area contributed by atoms with E-state index in [2.05, 4.69) is 28.8 Å². The van der Waals surface area contributed by atoms with Crippen molar-refractivity contribution >= 4 is 11.0 Å². The van der Waals surface area contributed by atoms with Crippen LogP contribution in [0.3, 0.4) is 0 Å². The molecule has 1 N–H and O–H groups in total. The van der Waals surface area contributed by atoms with Gasteiger partial charge in [-0.05, 0) is 30.5 Å². The summed E-state index contributed by atoms with van der Waals surface area (Å²) in [5, 5.41) is 0. The minimum atomic E-state index is 0.207. The van der Waals surface area contributed by atoms with Crippen LogP contribution in [-0.2, 0) is 6.42 Å². The largest absolute Gasteiger partial charge is 0.493 e. The maximum absolute atomic E-state index is 5.94. The number of H-pyrrole nitrogens is 1. The van der Waals surface area contributed by atoms with E-state index < -0.39 is 0 Å². The number of rotatable bonds is 5. The van der Waals surface area contributed by atoms with E-state index in [-0.39, 0.29) is 6.79 Å². The molecule has 4 rings (SSSR count). The number of nitrogens with one attached hydrogen (secondary N) is 1. The van der Waals surface area contributed by atoms with Gasteiger partial charge in [-0.25, -0.2) is 9.97 Å². The number of benzene rings is 1. The number of fused-ring (bicyclic) bond motifs is 2. The molecule has 1 aliphatic heterocycles. The van der Waals surface area contributed by atoms with Gasteiger partial charge in [-0.1, -0.05) is 13.8 Å². The second kappa shape index (κ2) is 6.03. The lowest BCUT2D eigenvalue weighted by molar-refractivity contribution is 0.174. The van der Waals surface area contributed by atoms with Crippen LogP contribution in [0.5, 0.6) is 17.2 Å². The molecule has 1 aliphatic rings. The number of aromatic amines is 1. The predicted molar refractivity (Wildman–Crippen MR) is 90.6 cm³/mol. The Morgan fingerprint density at radius 2 is 2.12 bits per heavy atom. The topological polar surface area (TPSA) is 69.3 Å². The third-order valence-corrected chi connectivity index (χ3v) is 4.12. The average Bonchev–Trinajstić information content (AvgIpc) is 3.25. The normalized spacial score (nSPS) is 12.8. The van der Waals surface area contributed by atoms with Gasteiger partial charge in [0.25, 0.3) is 0 Å². The van der Waals surface area contributed by atoms with Crippen LogP contribution in [0.15, 0.2) is 24.7 Å². The predicted octanol–water partition coefficient (Wildman–Crippen LogP) is 3.70. The Bertz CT molecular complexity index is 889. The van der Waals surface area contributed by atoms with Crippen molar-refractivity contribution < 1.29 is 14.2 Å². The van der Waals surface area contributed by atoms with E-state index in [9.17, 15) is 0 Å². The second-order valence-corrected chi connectivity index (χ2v) is 5.63. The average molecular weight is 325 g/mol. The summed E-state index contributed by atoms with van der Waals surface area (Å²) in [6.07, 6.45) is 5.40. The Kier molecular flexibility index (Phi) is 3.72. The molecule has 3 aromatic rings. The van der Waals surface area contributed by atoms with Gasteiger partial charge >= 0.3 is 0 Å². The molecule has 0 saturated heterocycles. The third kappa shape index (κ3) is 2.26. The molecule has 2 aromatic heterocycles. The zero-order valence-corrected chi connectivity index (χ0v) is 13.8. The molecule has 124 valence electrons. The lowest BCUT2D eigenvalue weighted by atomic mass is 10.1. The summed E-state index contributed by atoms with van der Waals surface area (Å²) in [4.78, 5) is 12.2. The molecule has 24 heavy (non-hydrogen) atoms. The minimum Gasteiger partial charge on any atom is -0.493 e. The van der Waals surface area contributed by atoms with Crippen LogP contribution in [0.25, 0.3) is 22.3 Å². The van der Waals surface area contributed by atoms with Gasteiger partial charge in [-0.15, -0.1) is 0 Å². The number of hydrogen-bond acceptors (Lipinski definition) is 5. The maximum atomic E-state index is 5.94. The summed E-state index contributed by atoms with van der Waals surface area (Å²) >= 11 is 0. The smallest absolute Gasteiger partial charge is 0.231 e. The highest BCUT2D eigenvalue weighted by molar-refractivity contribution is 5.95. The van der Waals surface area contributed by atoms with Crippen LogP contribution in [0.4, 0.5) is 0 Å². The van der Waals surface area contributed by atoms with Crippen molar-refractivity contribution in [3.05, 3.63) is 30.2 Å². The van der Waals surface area contributed by atoms with Crippen molar-refractivity contribution in [2.24, 2.45) is 0 Å². The molecule has 0 fully saturated rings. The van der Waals surface area contributed by atoms with E-state index >= 15 is 0 Å². The lowest BCUT2D eigenvalue weighted by Gasteiger charge is -2.13. The zero-order valence-electron chi connectivity index (χ0n) is 13.8. The first-order chi connectivity index (χ1) is 11.8. The first-order valence-corrected chi connectivity index (χ1v) is 8.20. The van der Waals surface area contributed by atoms with Crippen LogP contribution < -0.4 is 14.2 Å². The molecule has 0 amide bonds. The Morgan fingerprint density at radius 3 is 2.96 bits per heavy atom. The molecule has 0 saturated carbocycles. The van der Waals surface area contributed by atoms with E-state index in [1.54, 1.807) is 6.33 Å². The van der Waals surface area contributed by atoms with Crippen LogP contribution in [0.1, 0.15) is 25.8 Å². The Labute approximate surface area is 139 Å². The summed E-state index contributed by atoms with van der Waals surface area (Å²) in [5.41, 5.74) is 4.57. The fourth-order valence-electron chi connectivity index (χ4n) is 2.96. The summed E-state index contributed by atoms with van der Waals surface area (Å²) in [6.45, 7) is 5.02. The quantitative estimate of drug-likeness (QED) is 0.774. The summed E-state index contributed by atoms with van der Waals surface area (Å²) in [6, 6.07) is 3.79. The van der Waals surface area contributed by atoms with E-state index in [4.69, 9.17) is 14.2 Å². The van der Waals surface area contributed by atoms with E-state index in [0.29, 0.717) is 18.1 Å². The van der Waals surface area contributed by atoms with Gasteiger partial charge in [0.1, 0.15) is 17.8 Å². The zero-order chi connectivity index (χ0) is 16.5. The van der Waals surface area contributed by atoms with Crippen LogP contribution in [0, 0.1) is 0 Å².